The van der Waals surface area contributed by atoms with Crippen LogP contribution in [0.25, 0.3) is 10.8 Å². The topological polar surface area (TPSA) is 27.7 Å². The average molecular weight is 512 g/mol. The van der Waals surface area contributed by atoms with E-state index in [1.54, 1.807) is 24.3 Å². The second-order valence-corrected chi connectivity index (χ2v) is 8.96. The lowest BCUT2D eigenvalue weighted by Crippen LogP contribution is -2.26. The first-order chi connectivity index (χ1) is 17.1. The molecule has 1 aliphatic rings. The van der Waals surface area contributed by atoms with Gasteiger partial charge in [-0.15, -0.1) is 0 Å². The van der Waals surface area contributed by atoms with E-state index < -0.39 is 42.3 Å². The van der Waals surface area contributed by atoms with Crippen LogP contribution in [0.4, 0.5) is 26.3 Å². The van der Waals surface area contributed by atoms with Crippen LogP contribution >= 0.6 is 0 Å². The summed E-state index contributed by atoms with van der Waals surface area (Å²) in [6.45, 7) is 1.53. The molecule has 0 radical (unpaired) electrons. The van der Waals surface area contributed by atoms with E-state index in [0.717, 1.165) is 30.5 Å². The number of benzene rings is 3. The second-order valence-electron chi connectivity index (χ2n) is 8.96. The Kier molecular flexibility index (Phi) is 8.10. The molecule has 0 saturated carbocycles. The summed E-state index contributed by atoms with van der Waals surface area (Å²) in [5.74, 6) is -3.64. The normalized spacial score (nSPS) is 18.5. The highest BCUT2D eigenvalue weighted by atomic mass is 19.4. The molecule has 0 atom stereocenters. The third kappa shape index (κ3) is 6.31. The Balaban J connectivity index is 1.44. The third-order valence-electron chi connectivity index (χ3n) is 6.12. The molecule has 3 aromatic carbocycles. The molecular weight excluding hydrogens is 486 g/mol. The molecule has 36 heavy (non-hydrogen) atoms. The fourth-order valence-corrected chi connectivity index (χ4v) is 4.33. The van der Waals surface area contributed by atoms with Crippen LogP contribution in [0, 0.1) is 23.4 Å². The summed E-state index contributed by atoms with van der Waals surface area (Å²) in [7, 11) is 0. The van der Waals surface area contributed by atoms with Gasteiger partial charge in [-0.05, 0) is 54.0 Å². The van der Waals surface area contributed by atoms with Crippen molar-refractivity contribution in [3.8, 4) is 5.75 Å². The van der Waals surface area contributed by atoms with E-state index in [2.05, 4.69) is 11.7 Å². The van der Waals surface area contributed by atoms with Gasteiger partial charge in [0.15, 0.2) is 30.3 Å². The molecule has 0 amide bonds. The summed E-state index contributed by atoms with van der Waals surface area (Å²) < 4.78 is 96.2. The van der Waals surface area contributed by atoms with Crippen LogP contribution in [-0.2, 0) is 22.3 Å². The Bertz CT molecular complexity index is 1180. The zero-order valence-corrected chi connectivity index (χ0v) is 19.6. The Morgan fingerprint density at radius 3 is 2.25 bits per heavy atom. The maximum atomic E-state index is 15.2. The minimum absolute atomic E-state index is 0.0799. The van der Waals surface area contributed by atoms with E-state index in [1.165, 1.54) is 0 Å². The molecule has 0 bridgehead atoms. The Morgan fingerprint density at radius 1 is 0.917 bits per heavy atom. The van der Waals surface area contributed by atoms with Crippen molar-refractivity contribution < 1.29 is 40.6 Å². The molecule has 0 spiro atoms. The minimum atomic E-state index is -4.72. The number of alkyl halides is 3. The first-order valence-electron chi connectivity index (χ1n) is 11.8. The van der Waals surface area contributed by atoms with Crippen molar-refractivity contribution in [3.63, 3.8) is 0 Å². The van der Waals surface area contributed by atoms with Crippen LogP contribution in [0.15, 0.2) is 42.5 Å². The fourth-order valence-electron chi connectivity index (χ4n) is 4.33. The van der Waals surface area contributed by atoms with E-state index in [1.807, 2.05) is 6.07 Å². The molecule has 1 aliphatic heterocycles. The minimum Gasteiger partial charge on any atom is -0.478 e. The molecule has 3 aromatic rings. The van der Waals surface area contributed by atoms with Crippen molar-refractivity contribution in [2.75, 3.05) is 19.8 Å². The van der Waals surface area contributed by atoms with E-state index in [9.17, 15) is 22.0 Å². The van der Waals surface area contributed by atoms with E-state index in [4.69, 9.17) is 9.47 Å². The highest BCUT2D eigenvalue weighted by Crippen LogP contribution is 2.31. The monoisotopic (exact) mass is 512 g/mol. The predicted octanol–water partition coefficient (Wildman–Crippen LogP) is 7.45. The molecule has 194 valence electrons. The summed E-state index contributed by atoms with van der Waals surface area (Å²) >= 11 is 0. The van der Waals surface area contributed by atoms with Crippen LogP contribution in [0.3, 0.4) is 0 Å². The summed E-state index contributed by atoms with van der Waals surface area (Å²) in [5.41, 5.74) is 1.32. The molecule has 0 N–H and O–H groups in total. The first kappa shape index (κ1) is 26.3. The van der Waals surface area contributed by atoms with Crippen molar-refractivity contribution in [3.05, 3.63) is 76.6 Å². The summed E-state index contributed by atoms with van der Waals surface area (Å²) in [4.78, 5) is 0. The fraction of sp³-hybridized carbons (Fsp3) is 0.407. The molecule has 3 nitrogen and oxygen atoms in total. The van der Waals surface area contributed by atoms with Crippen molar-refractivity contribution in [2.45, 2.75) is 45.1 Å². The van der Waals surface area contributed by atoms with Gasteiger partial charge in [-0.25, -0.2) is 13.2 Å². The number of hydrogen-bond donors (Lipinski definition) is 0. The van der Waals surface area contributed by atoms with Crippen LogP contribution < -0.4 is 4.74 Å². The molecule has 0 unspecified atom stereocenters. The molecule has 1 heterocycles. The predicted molar refractivity (Wildman–Crippen MR) is 122 cm³/mol. The molecule has 9 heteroatoms. The third-order valence-corrected chi connectivity index (χ3v) is 6.12. The Morgan fingerprint density at radius 2 is 1.61 bits per heavy atom. The molecule has 0 aromatic heterocycles. The van der Waals surface area contributed by atoms with Gasteiger partial charge in [-0.3, -0.25) is 0 Å². The van der Waals surface area contributed by atoms with E-state index >= 15 is 4.39 Å². The zero-order chi connectivity index (χ0) is 25.9. The van der Waals surface area contributed by atoms with Crippen LogP contribution in [-0.4, -0.2) is 26.0 Å². The van der Waals surface area contributed by atoms with Gasteiger partial charge in [-0.1, -0.05) is 37.6 Å². The average Bonchev–Trinajstić information content (AvgIpc) is 2.83. The Labute approximate surface area is 205 Å². The number of ether oxygens (including phenoxy) is 3. The van der Waals surface area contributed by atoms with Gasteiger partial charge in [0.1, 0.15) is 5.82 Å². The lowest BCUT2D eigenvalue weighted by Gasteiger charge is -2.29. The van der Waals surface area contributed by atoms with Gasteiger partial charge in [0.2, 0.25) is 0 Å². The van der Waals surface area contributed by atoms with Gasteiger partial charge in [0.05, 0.1) is 13.2 Å². The number of fused-ring (bicyclic) bond motifs is 1. The molecule has 0 aliphatic carbocycles. The summed E-state index contributed by atoms with van der Waals surface area (Å²) in [6, 6.07) is 10.4. The maximum Gasteiger partial charge on any atom is 0.422 e. The second kappa shape index (κ2) is 11.1. The molecule has 1 fully saturated rings. The number of halogens is 6. The van der Waals surface area contributed by atoms with Crippen LogP contribution in [0.1, 0.15) is 42.7 Å². The smallest absolute Gasteiger partial charge is 0.422 e. The van der Waals surface area contributed by atoms with Crippen molar-refractivity contribution in [2.24, 2.45) is 5.92 Å². The van der Waals surface area contributed by atoms with Gasteiger partial charge in [0.25, 0.3) is 0 Å². The van der Waals surface area contributed by atoms with Crippen molar-refractivity contribution >= 4 is 10.8 Å². The Hall–Kier alpha value is -2.78. The number of hydrogen-bond acceptors (Lipinski definition) is 3. The molecule has 4 rings (SSSR count). The van der Waals surface area contributed by atoms with Gasteiger partial charge in [-0.2, -0.15) is 13.2 Å². The molecular formula is C27H26F6O3. The highest BCUT2D eigenvalue weighted by molar-refractivity contribution is 5.84. The van der Waals surface area contributed by atoms with Crippen LogP contribution in [0.5, 0.6) is 5.75 Å². The van der Waals surface area contributed by atoms with Gasteiger partial charge < -0.3 is 14.2 Å². The van der Waals surface area contributed by atoms with Crippen molar-refractivity contribution in [1.82, 2.24) is 0 Å². The quantitative estimate of drug-likeness (QED) is 0.294. The van der Waals surface area contributed by atoms with Crippen LogP contribution in [0.2, 0.25) is 0 Å². The van der Waals surface area contributed by atoms with E-state index in [0.29, 0.717) is 35.5 Å². The molecule has 1 saturated heterocycles. The van der Waals surface area contributed by atoms with Gasteiger partial charge >= 0.3 is 6.18 Å². The zero-order valence-electron chi connectivity index (χ0n) is 19.6. The first-order valence-corrected chi connectivity index (χ1v) is 11.8. The standard InChI is InChI=1S/C27H26F6O3/c1-2-3-17-13-34-26(35-14-17)20-8-9-21-19(12-20)7-6-18(24(21)30)5-4-16-10-22(28)25(23(29)11-16)36-15-27(31,32)33/h6-12,17,26H,2-5,13-15H2,1H3. The summed E-state index contributed by atoms with van der Waals surface area (Å²) in [5, 5.41) is 1.06. The lowest BCUT2D eigenvalue weighted by molar-refractivity contribution is -0.206. The highest BCUT2D eigenvalue weighted by Gasteiger charge is 2.30. The van der Waals surface area contributed by atoms with Gasteiger partial charge in [0, 0.05) is 16.9 Å². The summed E-state index contributed by atoms with van der Waals surface area (Å²) in [6.07, 6.45) is -2.91. The lowest BCUT2D eigenvalue weighted by atomic mass is 9.98. The number of rotatable bonds is 8. The largest absolute Gasteiger partial charge is 0.478 e. The SMILES string of the molecule is CCCC1COC(c2ccc3c(F)c(CCc4cc(F)c(OCC(F)(F)F)c(F)c4)ccc3c2)OC1. The van der Waals surface area contributed by atoms with Crippen molar-refractivity contribution in [1.29, 1.82) is 0 Å². The maximum absolute atomic E-state index is 15.2. The number of aryl methyl sites for hydroxylation is 2. The van der Waals surface area contributed by atoms with E-state index in [-0.39, 0.29) is 18.4 Å².